The second-order valence-electron chi connectivity index (χ2n) is 10.8. The van der Waals surface area contributed by atoms with Gasteiger partial charge in [0.1, 0.15) is 24.5 Å². The number of alkyl halides is 2. The Labute approximate surface area is 259 Å². The van der Waals surface area contributed by atoms with E-state index in [1.54, 1.807) is 25.1 Å². The Hall–Kier alpha value is -3.43. The lowest BCUT2D eigenvalue weighted by atomic mass is 9.98. The van der Waals surface area contributed by atoms with Crippen LogP contribution in [0.25, 0.3) is 11.2 Å². The monoisotopic (exact) mass is 656 g/mol. The number of fused-ring (bicyclic) bond motifs is 1. The van der Waals surface area contributed by atoms with Gasteiger partial charge in [-0.05, 0) is 58.6 Å². The molecule has 1 saturated carbocycles. The topological polar surface area (TPSA) is 182 Å². The summed E-state index contributed by atoms with van der Waals surface area (Å²) in [5, 5.41) is 13.8. The fourth-order valence-electron chi connectivity index (χ4n) is 4.85. The summed E-state index contributed by atoms with van der Waals surface area (Å²) >= 11 is 0. The van der Waals surface area contributed by atoms with Gasteiger partial charge < -0.3 is 29.6 Å². The Morgan fingerprint density at radius 2 is 1.93 bits per heavy atom. The minimum absolute atomic E-state index is 0.0206. The molecule has 5 atom stereocenters. The molecule has 0 saturated heterocycles. The second-order valence-corrected chi connectivity index (χ2v) is 12.5. The van der Waals surface area contributed by atoms with Gasteiger partial charge in [0.15, 0.2) is 16.9 Å². The molecular formula is C28H39F2N6O8P. The van der Waals surface area contributed by atoms with Crippen LogP contribution in [0.3, 0.4) is 0 Å². The van der Waals surface area contributed by atoms with E-state index in [1.807, 2.05) is 0 Å². The summed E-state index contributed by atoms with van der Waals surface area (Å²) < 4.78 is 73.8. The zero-order valence-corrected chi connectivity index (χ0v) is 26.4. The highest BCUT2D eigenvalue weighted by Gasteiger charge is 2.54. The van der Waals surface area contributed by atoms with E-state index in [-0.39, 0.29) is 41.5 Å². The molecule has 0 aliphatic heterocycles. The number of hydrogen-bond acceptors (Lipinski definition) is 12. The molecule has 1 aliphatic rings. The molecule has 1 fully saturated rings. The number of nitrogens with one attached hydrogen (secondary N) is 1. The predicted octanol–water partition coefficient (Wildman–Crippen LogP) is 4.18. The fourth-order valence-corrected chi connectivity index (χ4v) is 6.35. The summed E-state index contributed by atoms with van der Waals surface area (Å²) in [5.41, 5.74) is 2.93. The number of anilines is 1. The van der Waals surface area contributed by atoms with Crippen LogP contribution in [0.2, 0.25) is 0 Å². The first-order chi connectivity index (χ1) is 21.3. The fraction of sp³-hybridized carbons (Fsp3) is 0.571. The van der Waals surface area contributed by atoms with E-state index < -0.39 is 44.1 Å². The molecule has 0 radical (unpaired) electrons. The molecule has 14 nitrogen and oxygen atoms in total. The summed E-state index contributed by atoms with van der Waals surface area (Å²) in [5.74, 6) is -4.37. The third kappa shape index (κ3) is 8.05. The molecule has 248 valence electrons. The molecule has 2 aromatic heterocycles. The van der Waals surface area contributed by atoms with Crippen molar-refractivity contribution in [3.05, 3.63) is 36.7 Å². The lowest BCUT2D eigenvalue weighted by Gasteiger charge is -2.37. The van der Waals surface area contributed by atoms with Crippen LogP contribution in [0.4, 0.5) is 14.7 Å². The predicted molar refractivity (Wildman–Crippen MR) is 159 cm³/mol. The van der Waals surface area contributed by atoms with Gasteiger partial charge in [-0.25, -0.2) is 18.3 Å². The van der Waals surface area contributed by atoms with Crippen molar-refractivity contribution in [1.82, 2.24) is 24.6 Å². The lowest BCUT2D eigenvalue weighted by molar-refractivity contribution is -0.248. The smallest absolute Gasteiger partial charge is 0.459 e. The first-order valence-electron chi connectivity index (χ1n) is 14.5. The Morgan fingerprint density at radius 1 is 1.24 bits per heavy atom. The van der Waals surface area contributed by atoms with Crippen molar-refractivity contribution in [2.45, 2.75) is 82.8 Å². The van der Waals surface area contributed by atoms with Gasteiger partial charge in [0, 0.05) is 7.11 Å². The van der Waals surface area contributed by atoms with Crippen LogP contribution in [-0.2, 0) is 29.1 Å². The van der Waals surface area contributed by atoms with E-state index >= 15 is 8.78 Å². The van der Waals surface area contributed by atoms with E-state index in [9.17, 15) is 14.5 Å². The van der Waals surface area contributed by atoms with Gasteiger partial charge in [0.05, 0.1) is 12.9 Å². The summed E-state index contributed by atoms with van der Waals surface area (Å²) in [6, 6.07) is 6.56. The van der Waals surface area contributed by atoms with Crippen molar-refractivity contribution in [1.29, 1.82) is 0 Å². The normalized spacial score (nSPS) is 19.5. The number of nitrogen functional groups attached to an aromatic ring is 1. The van der Waals surface area contributed by atoms with Crippen LogP contribution in [0.5, 0.6) is 11.6 Å². The molecule has 0 spiro atoms. The SMILES string of the molecule is CCOc1nc(N)nc2c1ncn2[C@](C)(O)[C@H](F)[C@@](F)(COP(=O)(NC(C)C(=O)OC1CCCCC1)Oc1ccccc1)OC. The summed E-state index contributed by atoms with van der Waals surface area (Å²) in [7, 11) is -3.78. The minimum Gasteiger partial charge on any atom is -0.476 e. The van der Waals surface area contributed by atoms with Crippen LogP contribution >= 0.6 is 7.75 Å². The Kier molecular flexibility index (Phi) is 11.0. The van der Waals surface area contributed by atoms with E-state index in [2.05, 4.69) is 20.0 Å². The summed E-state index contributed by atoms with van der Waals surface area (Å²) in [6.45, 7) is 2.87. The molecule has 1 aromatic carbocycles. The Morgan fingerprint density at radius 3 is 2.58 bits per heavy atom. The molecule has 4 rings (SSSR count). The number of esters is 1. The molecule has 4 N–H and O–H groups in total. The Balaban J connectivity index is 1.57. The molecule has 2 heterocycles. The number of rotatable bonds is 15. The highest BCUT2D eigenvalue weighted by atomic mass is 31.2. The quantitative estimate of drug-likeness (QED) is 0.157. The van der Waals surface area contributed by atoms with Gasteiger partial charge in [0.25, 0.3) is 5.85 Å². The van der Waals surface area contributed by atoms with Crippen molar-refractivity contribution in [2.24, 2.45) is 0 Å². The number of aliphatic hydroxyl groups is 1. The molecule has 17 heteroatoms. The van der Waals surface area contributed by atoms with Gasteiger partial charge in [-0.15, -0.1) is 0 Å². The van der Waals surface area contributed by atoms with Crippen LogP contribution in [-0.4, -0.2) is 75.1 Å². The van der Waals surface area contributed by atoms with Crippen molar-refractivity contribution in [2.75, 3.05) is 26.1 Å². The zero-order chi connectivity index (χ0) is 32.8. The van der Waals surface area contributed by atoms with Gasteiger partial charge in [-0.3, -0.25) is 13.9 Å². The van der Waals surface area contributed by atoms with Crippen LogP contribution in [0.1, 0.15) is 52.9 Å². The van der Waals surface area contributed by atoms with E-state index in [1.165, 1.54) is 19.1 Å². The van der Waals surface area contributed by atoms with Crippen LogP contribution < -0.4 is 20.1 Å². The van der Waals surface area contributed by atoms with Gasteiger partial charge in [-0.2, -0.15) is 15.1 Å². The number of carbonyl (C=O) groups is 1. The lowest BCUT2D eigenvalue weighted by Crippen LogP contribution is -2.54. The number of ether oxygens (including phenoxy) is 3. The second kappa shape index (κ2) is 14.3. The van der Waals surface area contributed by atoms with Gasteiger partial charge in [0.2, 0.25) is 18.0 Å². The highest BCUT2D eigenvalue weighted by molar-refractivity contribution is 7.52. The number of aromatic nitrogens is 4. The van der Waals surface area contributed by atoms with E-state index in [0.717, 1.165) is 44.2 Å². The third-order valence-electron chi connectivity index (χ3n) is 7.29. The zero-order valence-electron chi connectivity index (χ0n) is 25.5. The molecule has 45 heavy (non-hydrogen) atoms. The first kappa shape index (κ1) is 34.4. The Bertz CT molecular complexity index is 1490. The number of methoxy groups -OCH3 is 1. The summed E-state index contributed by atoms with van der Waals surface area (Å²) in [4.78, 5) is 24.8. The number of imidazole rings is 1. The van der Waals surface area contributed by atoms with Crippen molar-refractivity contribution < 1.29 is 46.5 Å². The van der Waals surface area contributed by atoms with Crippen molar-refractivity contribution >= 4 is 30.8 Å². The van der Waals surface area contributed by atoms with Gasteiger partial charge >= 0.3 is 13.7 Å². The van der Waals surface area contributed by atoms with Crippen molar-refractivity contribution in [3.63, 3.8) is 0 Å². The molecule has 1 aliphatic carbocycles. The summed E-state index contributed by atoms with van der Waals surface area (Å²) in [6.07, 6.45) is 2.14. The highest BCUT2D eigenvalue weighted by Crippen LogP contribution is 2.47. The minimum atomic E-state index is -4.62. The molecule has 2 unspecified atom stereocenters. The molecule has 0 amide bonds. The number of carbonyl (C=O) groups excluding carboxylic acids is 1. The molecule has 3 aromatic rings. The number of para-hydroxylation sites is 1. The van der Waals surface area contributed by atoms with E-state index in [4.69, 9.17) is 29.0 Å². The number of hydrogen-bond donors (Lipinski definition) is 3. The third-order valence-corrected chi connectivity index (χ3v) is 8.91. The van der Waals surface area contributed by atoms with Crippen LogP contribution in [0, 0.1) is 0 Å². The van der Waals surface area contributed by atoms with E-state index in [0.29, 0.717) is 12.8 Å². The number of nitrogens with two attached hydrogens (primary N) is 1. The maximum absolute atomic E-state index is 16.3. The standard InChI is InChI=1S/C28H39F2N6O8P/c1-5-41-23-21-22(33-26(31)34-23)36(17-32-21)27(3,38)25(29)28(30,40-4)16-42-45(39,44-20-14-10-7-11-15-20)35-18(2)24(37)43-19-12-8-6-9-13-19/h7,10-11,14-15,17-19,25,38H,5-6,8-9,12-13,16H2,1-4H3,(H,35,39)(H2,31,33,34)/t18?,25-,27+,28+,45?/m0/s1. The number of nitrogens with zero attached hydrogens (tertiary/aromatic N) is 4. The largest absolute Gasteiger partial charge is 0.476 e. The maximum Gasteiger partial charge on any atom is 0.459 e. The van der Waals surface area contributed by atoms with Crippen LogP contribution in [0.15, 0.2) is 36.7 Å². The van der Waals surface area contributed by atoms with Gasteiger partial charge in [-0.1, -0.05) is 24.6 Å². The molecule has 0 bridgehead atoms. The number of halogens is 2. The maximum atomic E-state index is 16.3. The molecular weight excluding hydrogens is 617 g/mol. The number of benzene rings is 1. The first-order valence-corrected chi connectivity index (χ1v) is 16.1. The van der Waals surface area contributed by atoms with Crippen molar-refractivity contribution in [3.8, 4) is 11.6 Å². The average Bonchev–Trinajstić information content (AvgIpc) is 3.45. The average molecular weight is 657 g/mol.